The maximum Gasteiger partial charge on any atom is 0.524 e. The Kier molecular flexibility index (Phi) is 5.32. The third kappa shape index (κ3) is 7.40. The molecule has 0 aliphatic carbocycles. The number of rotatable bonds is 5. The van der Waals surface area contributed by atoms with E-state index in [0.29, 0.717) is 0 Å². The second-order valence-corrected chi connectivity index (χ2v) is 2.34. The first kappa shape index (κ1) is 14.5. The van der Waals surface area contributed by atoms with Gasteiger partial charge in [0.1, 0.15) is 0 Å². The zero-order valence-corrected chi connectivity index (χ0v) is 7.48. The van der Waals surface area contributed by atoms with Crippen molar-refractivity contribution >= 4 is 0 Å². The summed E-state index contributed by atoms with van der Waals surface area (Å²) in [7, 11) is 0.770. The molecule has 0 aromatic heterocycles. The molecule has 1 atom stereocenters. The quantitative estimate of drug-likeness (QED) is 0.419. The van der Waals surface area contributed by atoms with Gasteiger partial charge in [-0.3, -0.25) is 4.74 Å². The van der Waals surface area contributed by atoms with Gasteiger partial charge in [-0.05, 0) is 0 Å². The molecule has 0 bridgehead atoms. The van der Waals surface area contributed by atoms with Gasteiger partial charge in [0.05, 0.1) is 6.61 Å². The molecule has 1 unspecified atom stereocenters. The molecule has 0 saturated carbocycles. The SMILES string of the molecule is COC(COCOC(F)(F)F)C(F)(F)F. The molecular weight excluding hydrogens is 234 g/mol. The standard InChI is InChI=1S/C6H8F6O3/c1-13-4(5(7,8)9)2-14-3-15-6(10,11)12/h4H,2-3H2,1H3. The summed E-state index contributed by atoms with van der Waals surface area (Å²) >= 11 is 0. The summed E-state index contributed by atoms with van der Waals surface area (Å²) in [6.45, 7) is -2.37. The van der Waals surface area contributed by atoms with Gasteiger partial charge in [0.2, 0.25) is 0 Å². The van der Waals surface area contributed by atoms with Crippen LogP contribution in [0.2, 0.25) is 0 Å². The Morgan fingerprint density at radius 3 is 1.93 bits per heavy atom. The zero-order chi connectivity index (χ0) is 12.1. The van der Waals surface area contributed by atoms with E-state index >= 15 is 0 Å². The molecular formula is C6H8F6O3. The van der Waals surface area contributed by atoms with Gasteiger partial charge in [0.25, 0.3) is 0 Å². The minimum absolute atomic E-state index is 0.770. The van der Waals surface area contributed by atoms with E-state index in [1.165, 1.54) is 0 Å². The van der Waals surface area contributed by atoms with Crippen molar-refractivity contribution in [2.45, 2.75) is 18.6 Å². The van der Waals surface area contributed by atoms with Crippen molar-refractivity contribution in [3.05, 3.63) is 0 Å². The van der Waals surface area contributed by atoms with Crippen LogP contribution in [0.25, 0.3) is 0 Å². The number of ether oxygens (including phenoxy) is 3. The highest BCUT2D eigenvalue weighted by Gasteiger charge is 2.40. The number of alkyl halides is 6. The summed E-state index contributed by atoms with van der Waals surface area (Å²) in [5, 5.41) is 0. The van der Waals surface area contributed by atoms with E-state index in [0.717, 1.165) is 7.11 Å². The average molecular weight is 242 g/mol. The van der Waals surface area contributed by atoms with Crippen LogP contribution in [0, 0.1) is 0 Å². The van der Waals surface area contributed by atoms with Gasteiger partial charge in [-0.15, -0.1) is 13.2 Å². The molecule has 0 aliphatic heterocycles. The fraction of sp³-hybridized carbons (Fsp3) is 1.00. The van der Waals surface area contributed by atoms with E-state index in [-0.39, 0.29) is 0 Å². The lowest BCUT2D eigenvalue weighted by molar-refractivity contribution is -0.353. The van der Waals surface area contributed by atoms with Crippen LogP contribution in [0.15, 0.2) is 0 Å². The Labute approximate surface area is 80.9 Å². The molecule has 3 nitrogen and oxygen atoms in total. The van der Waals surface area contributed by atoms with Gasteiger partial charge in [-0.25, -0.2) is 0 Å². The Morgan fingerprint density at radius 2 is 1.60 bits per heavy atom. The first-order chi connectivity index (χ1) is 6.67. The van der Waals surface area contributed by atoms with Gasteiger partial charge in [0, 0.05) is 7.11 Å². The number of hydrogen-bond donors (Lipinski definition) is 0. The summed E-state index contributed by atoms with van der Waals surface area (Å²) in [5.74, 6) is 0. The summed E-state index contributed by atoms with van der Waals surface area (Å²) in [5.41, 5.74) is 0. The molecule has 0 aromatic rings. The molecule has 0 amide bonds. The molecule has 0 radical (unpaired) electrons. The van der Waals surface area contributed by atoms with Crippen LogP contribution in [0.1, 0.15) is 0 Å². The summed E-state index contributed by atoms with van der Waals surface area (Å²) in [6.07, 6.45) is -11.9. The molecule has 0 rings (SSSR count). The van der Waals surface area contributed by atoms with Crippen LogP contribution in [0.3, 0.4) is 0 Å². The molecule has 92 valence electrons. The zero-order valence-electron chi connectivity index (χ0n) is 7.48. The minimum atomic E-state index is -4.93. The van der Waals surface area contributed by atoms with Crippen molar-refractivity contribution in [1.82, 2.24) is 0 Å². The van der Waals surface area contributed by atoms with Gasteiger partial charge in [0.15, 0.2) is 12.9 Å². The van der Waals surface area contributed by atoms with Crippen molar-refractivity contribution < 1.29 is 40.6 Å². The third-order valence-electron chi connectivity index (χ3n) is 1.22. The van der Waals surface area contributed by atoms with Crippen LogP contribution < -0.4 is 0 Å². The lowest BCUT2D eigenvalue weighted by Crippen LogP contribution is -2.35. The average Bonchev–Trinajstić information content (AvgIpc) is 1.99. The second kappa shape index (κ2) is 5.52. The number of halogens is 6. The monoisotopic (exact) mass is 242 g/mol. The van der Waals surface area contributed by atoms with Gasteiger partial charge < -0.3 is 9.47 Å². The van der Waals surface area contributed by atoms with Crippen LogP contribution in [0.5, 0.6) is 0 Å². The molecule has 9 heteroatoms. The lowest BCUT2D eigenvalue weighted by Gasteiger charge is -2.18. The molecule has 0 spiro atoms. The Bertz CT molecular complexity index is 177. The van der Waals surface area contributed by atoms with Crippen molar-refractivity contribution in [2.24, 2.45) is 0 Å². The van der Waals surface area contributed by atoms with Gasteiger partial charge >= 0.3 is 12.5 Å². The summed E-state index contributed by atoms with van der Waals surface area (Å²) < 4.78 is 80.8. The molecule has 0 heterocycles. The van der Waals surface area contributed by atoms with Crippen molar-refractivity contribution in [3.63, 3.8) is 0 Å². The molecule has 0 N–H and O–H groups in total. The predicted octanol–water partition coefficient (Wildman–Crippen LogP) is 2.07. The van der Waals surface area contributed by atoms with Crippen LogP contribution >= 0.6 is 0 Å². The number of methoxy groups -OCH3 is 1. The Morgan fingerprint density at radius 1 is 1.07 bits per heavy atom. The molecule has 0 aliphatic rings. The fourth-order valence-corrected chi connectivity index (χ4v) is 0.560. The van der Waals surface area contributed by atoms with E-state index in [1.807, 2.05) is 0 Å². The van der Waals surface area contributed by atoms with Crippen LogP contribution in [-0.2, 0) is 14.2 Å². The fourth-order valence-electron chi connectivity index (χ4n) is 0.560. The molecule has 15 heavy (non-hydrogen) atoms. The van der Waals surface area contributed by atoms with E-state index in [4.69, 9.17) is 0 Å². The maximum atomic E-state index is 11.9. The van der Waals surface area contributed by atoms with Crippen molar-refractivity contribution in [2.75, 3.05) is 20.5 Å². The first-order valence-corrected chi connectivity index (χ1v) is 3.54. The van der Waals surface area contributed by atoms with Crippen LogP contribution in [-0.4, -0.2) is 39.2 Å². The van der Waals surface area contributed by atoms with Crippen LogP contribution in [0.4, 0.5) is 26.3 Å². The highest BCUT2D eigenvalue weighted by molar-refractivity contribution is 4.65. The summed E-state index contributed by atoms with van der Waals surface area (Å²) in [6, 6.07) is 0. The topological polar surface area (TPSA) is 27.7 Å². The smallest absolute Gasteiger partial charge is 0.370 e. The van der Waals surface area contributed by atoms with E-state index < -0.39 is 32.0 Å². The largest absolute Gasteiger partial charge is 0.524 e. The number of hydrogen-bond acceptors (Lipinski definition) is 3. The maximum absolute atomic E-state index is 11.9. The third-order valence-corrected chi connectivity index (χ3v) is 1.22. The molecule has 0 aromatic carbocycles. The van der Waals surface area contributed by atoms with E-state index in [1.54, 1.807) is 0 Å². The molecule has 0 fully saturated rings. The van der Waals surface area contributed by atoms with Crippen molar-refractivity contribution in [1.29, 1.82) is 0 Å². The van der Waals surface area contributed by atoms with E-state index in [2.05, 4.69) is 14.2 Å². The van der Waals surface area contributed by atoms with Gasteiger partial charge in [-0.2, -0.15) is 13.2 Å². The van der Waals surface area contributed by atoms with Crippen molar-refractivity contribution in [3.8, 4) is 0 Å². The molecule has 0 saturated heterocycles. The normalized spacial score (nSPS) is 15.4. The second-order valence-electron chi connectivity index (χ2n) is 2.34. The minimum Gasteiger partial charge on any atom is -0.370 e. The predicted molar refractivity (Wildman–Crippen MR) is 34.8 cm³/mol. The Hall–Kier alpha value is -0.540. The lowest BCUT2D eigenvalue weighted by atomic mass is 10.4. The first-order valence-electron chi connectivity index (χ1n) is 3.54. The van der Waals surface area contributed by atoms with Gasteiger partial charge in [-0.1, -0.05) is 0 Å². The highest BCUT2D eigenvalue weighted by Crippen LogP contribution is 2.23. The summed E-state index contributed by atoms with van der Waals surface area (Å²) in [4.78, 5) is 0. The Balaban J connectivity index is 3.75. The van der Waals surface area contributed by atoms with E-state index in [9.17, 15) is 26.3 Å². The highest BCUT2D eigenvalue weighted by atomic mass is 19.4.